The SMILES string of the molecule is CCCNCc1ccnc(OC2CCCCC2)c1. The van der Waals surface area contributed by atoms with Gasteiger partial charge in [0, 0.05) is 18.8 Å². The molecule has 1 fully saturated rings. The highest BCUT2D eigenvalue weighted by Gasteiger charge is 2.15. The van der Waals surface area contributed by atoms with Gasteiger partial charge in [-0.1, -0.05) is 13.3 Å². The monoisotopic (exact) mass is 248 g/mol. The summed E-state index contributed by atoms with van der Waals surface area (Å²) in [4.78, 5) is 4.31. The average molecular weight is 248 g/mol. The highest BCUT2D eigenvalue weighted by molar-refractivity contribution is 5.20. The minimum atomic E-state index is 0.380. The number of pyridine rings is 1. The van der Waals surface area contributed by atoms with E-state index in [1.54, 1.807) is 0 Å². The summed E-state index contributed by atoms with van der Waals surface area (Å²) in [5.41, 5.74) is 1.25. The molecule has 0 aliphatic heterocycles. The molecule has 18 heavy (non-hydrogen) atoms. The molecule has 1 aromatic heterocycles. The first-order chi connectivity index (χ1) is 8.88. The maximum atomic E-state index is 5.96. The highest BCUT2D eigenvalue weighted by Crippen LogP contribution is 2.22. The van der Waals surface area contributed by atoms with Crippen molar-refractivity contribution in [3.63, 3.8) is 0 Å². The predicted octanol–water partition coefficient (Wildman–Crippen LogP) is 3.29. The van der Waals surface area contributed by atoms with Crippen LogP contribution in [0, 0.1) is 0 Å². The van der Waals surface area contributed by atoms with Crippen LogP contribution < -0.4 is 10.1 Å². The fourth-order valence-electron chi connectivity index (χ4n) is 2.39. The second kappa shape index (κ2) is 7.37. The first-order valence-corrected chi connectivity index (χ1v) is 7.21. The number of rotatable bonds is 6. The zero-order chi connectivity index (χ0) is 12.6. The summed E-state index contributed by atoms with van der Waals surface area (Å²) < 4.78 is 5.96. The first kappa shape index (κ1) is 13.3. The van der Waals surface area contributed by atoms with E-state index in [0.29, 0.717) is 6.10 Å². The van der Waals surface area contributed by atoms with Gasteiger partial charge in [0.15, 0.2) is 0 Å². The van der Waals surface area contributed by atoms with Crippen LogP contribution in [0.3, 0.4) is 0 Å². The number of aromatic nitrogens is 1. The van der Waals surface area contributed by atoms with Crippen molar-refractivity contribution in [1.82, 2.24) is 10.3 Å². The summed E-state index contributed by atoms with van der Waals surface area (Å²) in [6, 6.07) is 4.12. The topological polar surface area (TPSA) is 34.2 Å². The summed E-state index contributed by atoms with van der Waals surface area (Å²) in [6.45, 7) is 4.13. The van der Waals surface area contributed by atoms with E-state index in [9.17, 15) is 0 Å². The van der Waals surface area contributed by atoms with Crippen LogP contribution >= 0.6 is 0 Å². The van der Waals surface area contributed by atoms with Crippen LogP contribution in [-0.2, 0) is 6.54 Å². The molecule has 0 aromatic carbocycles. The third kappa shape index (κ3) is 4.30. The molecule has 0 saturated heterocycles. The van der Waals surface area contributed by atoms with Gasteiger partial charge in [-0.2, -0.15) is 0 Å². The van der Waals surface area contributed by atoms with Crippen LogP contribution in [0.5, 0.6) is 5.88 Å². The standard InChI is InChI=1S/C15H24N2O/c1-2-9-16-12-13-8-10-17-15(11-13)18-14-6-4-3-5-7-14/h8,10-11,14,16H,2-7,9,12H2,1H3. The highest BCUT2D eigenvalue weighted by atomic mass is 16.5. The molecule has 3 nitrogen and oxygen atoms in total. The Bertz CT molecular complexity index is 348. The van der Waals surface area contributed by atoms with E-state index in [0.717, 1.165) is 25.4 Å². The minimum Gasteiger partial charge on any atom is -0.474 e. The third-order valence-electron chi connectivity index (χ3n) is 3.39. The van der Waals surface area contributed by atoms with Crippen molar-refractivity contribution in [1.29, 1.82) is 0 Å². The second-order valence-corrected chi connectivity index (χ2v) is 5.06. The van der Waals surface area contributed by atoms with Gasteiger partial charge in [0.25, 0.3) is 0 Å². The van der Waals surface area contributed by atoms with Crippen LogP contribution in [0.25, 0.3) is 0 Å². The van der Waals surface area contributed by atoms with E-state index in [-0.39, 0.29) is 0 Å². The van der Waals surface area contributed by atoms with E-state index in [4.69, 9.17) is 4.74 Å². The van der Waals surface area contributed by atoms with Gasteiger partial charge in [-0.15, -0.1) is 0 Å². The van der Waals surface area contributed by atoms with Gasteiger partial charge >= 0.3 is 0 Å². The van der Waals surface area contributed by atoms with E-state index >= 15 is 0 Å². The van der Waals surface area contributed by atoms with E-state index in [2.05, 4.69) is 29.4 Å². The number of nitrogens with one attached hydrogen (secondary N) is 1. The summed E-state index contributed by atoms with van der Waals surface area (Å²) in [6.07, 6.45) is 9.70. The molecule has 1 N–H and O–H groups in total. The molecule has 1 saturated carbocycles. The zero-order valence-electron chi connectivity index (χ0n) is 11.3. The number of hydrogen-bond acceptors (Lipinski definition) is 3. The smallest absolute Gasteiger partial charge is 0.213 e. The van der Waals surface area contributed by atoms with E-state index in [1.807, 2.05) is 6.20 Å². The number of ether oxygens (including phenoxy) is 1. The Labute approximate surface area is 110 Å². The summed E-state index contributed by atoms with van der Waals surface area (Å²) in [5, 5.41) is 3.40. The molecule has 2 rings (SSSR count). The molecular formula is C15H24N2O. The normalized spacial score (nSPS) is 16.7. The van der Waals surface area contributed by atoms with Gasteiger partial charge in [0.1, 0.15) is 6.10 Å². The molecule has 0 amide bonds. The first-order valence-electron chi connectivity index (χ1n) is 7.21. The molecule has 0 bridgehead atoms. The van der Waals surface area contributed by atoms with Crippen molar-refractivity contribution < 1.29 is 4.74 Å². The summed E-state index contributed by atoms with van der Waals surface area (Å²) in [7, 11) is 0. The van der Waals surface area contributed by atoms with Crippen LogP contribution in [0.2, 0.25) is 0 Å². The van der Waals surface area contributed by atoms with Crippen LogP contribution in [0.1, 0.15) is 51.0 Å². The Morgan fingerprint density at radius 2 is 2.17 bits per heavy atom. The van der Waals surface area contributed by atoms with Gasteiger partial charge in [-0.25, -0.2) is 4.98 Å². The molecule has 100 valence electrons. The van der Waals surface area contributed by atoms with Gasteiger partial charge in [-0.05, 0) is 50.3 Å². The minimum absolute atomic E-state index is 0.380. The quantitative estimate of drug-likeness (QED) is 0.784. The molecule has 1 heterocycles. The molecule has 0 spiro atoms. The van der Waals surface area contributed by atoms with Gasteiger partial charge in [0.2, 0.25) is 5.88 Å². The molecular weight excluding hydrogens is 224 g/mol. The largest absolute Gasteiger partial charge is 0.474 e. The molecule has 0 unspecified atom stereocenters. The van der Waals surface area contributed by atoms with Crippen LogP contribution in [0.4, 0.5) is 0 Å². The van der Waals surface area contributed by atoms with Crippen molar-refractivity contribution >= 4 is 0 Å². The maximum absolute atomic E-state index is 5.96. The Hall–Kier alpha value is -1.09. The molecule has 0 atom stereocenters. The zero-order valence-corrected chi connectivity index (χ0v) is 11.3. The van der Waals surface area contributed by atoms with Crippen molar-refractivity contribution in [3.8, 4) is 5.88 Å². The Morgan fingerprint density at radius 1 is 1.33 bits per heavy atom. The lowest BCUT2D eigenvalue weighted by Crippen LogP contribution is -2.20. The molecule has 1 aliphatic carbocycles. The lowest BCUT2D eigenvalue weighted by atomic mass is 9.98. The van der Waals surface area contributed by atoms with Crippen molar-refractivity contribution in [2.24, 2.45) is 0 Å². The van der Waals surface area contributed by atoms with Crippen LogP contribution in [-0.4, -0.2) is 17.6 Å². The average Bonchev–Trinajstić information content (AvgIpc) is 2.41. The Morgan fingerprint density at radius 3 is 2.94 bits per heavy atom. The number of nitrogens with zero attached hydrogens (tertiary/aromatic N) is 1. The fourth-order valence-corrected chi connectivity index (χ4v) is 2.39. The predicted molar refractivity (Wildman–Crippen MR) is 73.7 cm³/mol. The molecule has 3 heteroatoms. The number of hydrogen-bond donors (Lipinski definition) is 1. The molecule has 0 radical (unpaired) electrons. The van der Waals surface area contributed by atoms with Gasteiger partial charge in [0.05, 0.1) is 0 Å². The molecule has 1 aliphatic rings. The second-order valence-electron chi connectivity index (χ2n) is 5.06. The Kier molecular flexibility index (Phi) is 5.46. The lowest BCUT2D eigenvalue weighted by molar-refractivity contribution is 0.148. The van der Waals surface area contributed by atoms with Crippen LogP contribution in [0.15, 0.2) is 18.3 Å². The van der Waals surface area contributed by atoms with Crippen molar-refractivity contribution in [2.75, 3.05) is 6.54 Å². The maximum Gasteiger partial charge on any atom is 0.213 e. The lowest BCUT2D eigenvalue weighted by Gasteiger charge is -2.22. The third-order valence-corrected chi connectivity index (χ3v) is 3.39. The van der Waals surface area contributed by atoms with Gasteiger partial charge in [-0.3, -0.25) is 0 Å². The van der Waals surface area contributed by atoms with E-state index in [1.165, 1.54) is 37.7 Å². The van der Waals surface area contributed by atoms with Crippen molar-refractivity contribution in [2.45, 2.75) is 58.1 Å². The summed E-state index contributed by atoms with van der Waals surface area (Å²) >= 11 is 0. The van der Waals surface area contributed by atoms with Crippen molar-refractivity contribution in [3.05, 3.63) is 23.9 Å². The fraction of sp³-hybridized carbons (Fsp3) is 0.667. The van der Waals surface area contributed by atoms with E-state index < -0.39 is 0 Å². The molecule has 1 aromatic rings. The Balaban J connectivity index is 1.85. The summed E-state index contributed by atoms with van der Waals surface area (Å²) in [5.74, 6) is 0.790. The van der Waals surface area contributed by atoms with Gasteiger partial charge < -0.3 is 10.1 Å².